The van der Waals surface area contributed by atoms with Crippen LogP contribution in [0.2, 0.25) is 0 Å². The molecule has 0 aliphatic carbocycles. The molecule has 0 amide bonds. The zero-order valence-electron chi connectivity index (χ0n) is 9.77. The molecule has 0 aliphatic rings. The van der Waals surface area contributed by atoms with Crippen molar-refractivity contribution < 1.29 is 19.1 Å². The normalized spacial score (nSPS) is 10.9. The van der Waals surface area contributed by atoms with Gasteiger partial charge in [-0.1, -0.05) is 12.2 Å². The number of esters is 2. The zero-order chi connectivity index (χ0) is 12.2. The second-order valence-electron chi connectivity index (χ2n) is 3.04. The van der Waals surface area contributed by atoms with Gasteiger partial charge in [0.05, 0.1) is 13.2 Å². The number of carbonyl (C=O) groups excluding carboxylic acids is 2. The standard InChI is InChI=1S/C12H18O4/c1-3-7-11(13)15-9-5-6-10-16-12(14)8-4-2/h3-4,7-8H,5-6,9-10H2,1-2H3. The molecule has 0 saturated carbocycles. The van der Waals surface area contributed by atoms with E-state index in [1.807, 2.05) is 0 Å². The van der Waals surface area contributed by atoms with Gasteiger partial charge >= 0.3 is 11.9 Å². The highest BCUT2D eigenvalue weighted by atomic mass is 16.5. The van der Waals surface area contributed by atoms with Crippen LogP contribution < -0.4 is 0 Å². The first-order chi connectivity index (χ1) is 7.70. The van der Waals surface area contributed by atoms with Crippen molar-refractivity contribution in [2.45, 2.75) is 26.7 Å². The number of carbonyl (C=O) groups is 2. The summed E-state index contributed by atoms with van der Waals surface area (Å²) in [6, 6.07) is 0. The van der Waals surface area contributed by atoms with E-state index in [1.54, 1.807) is 26.0 Å². The second kappa shape index (κ2) is 9.96. The average molecular weight is 226 g/mol. The predicted molar refractivity (Wildman–Crippen MR) is 60.8 cm³/mol. The summed E-state index contributed by atoms with van der Waals surface area (Å²) in [5, 5.41) is 0. The van der Waals surface area contributed by atoms with Crippen LogP contribution in [0, 0.1) is 0 Å². The number of ether oxygens (including phenoxy) is 2. The van der Waals surface area contributed by atoms with Crippen molar-refractivity contribution in [2.75, 3.05) is 13.2 Å². The molecular formula is C12H18O4. The van der Waals surface area contributed by atoms with Crippen molar-refractivity contribution in [2.24, 2.45) is 0 Å². The van der Waals surface area contributed by atoms with Crippen LogP contribution in [0.3, 0.4) is 0 Å². The van der Waals surface area contributed by atoms with Gasteiger partial charge in [0.15, 0.2) is 0 Å². The van der Waals surface area contributed by atoms with Gasteiger partial charge in [-0.05, 0) is 26.7 Å². The van der Waals surface area contributed by atoms with Crippen molar-refractivity contribution in [3.05, 3.63) is 24.3 Å². The van der Waals surface area contributed by atoms with Crippen LogP contribution in [0.25, 0.3) is 0 Å². The lowest BCUT2D eigenvalue weighted by Crippen LogP contribution is -2.05. The van der Waals surface area contributed by atoms with Crippen molar-refractivity contribution in [3.63, 3.8) is 0 Å². The van der Waals surface area contributed by atoms with E-state index in [0.717, 1.165) is 0 Å². The first-order valence-corrected chi connectivity index (χ1v) is 5.29. The van der Waals surface area contributed by atoms with Gasteiger partial charge in [0.1, 0.15) is 0 Å². The zero-order valence-corrected chi connectivity index (χ0v) is 9.77. The lowest BCUT2D eigenvalue weighted by atomic mass is 10.3. The Morgan fingerprint density at radius 1 is 0.875 bits per heavy atom. The Balaban J connectivity index is 3.34. The summed E-state index contributed by atoms with van der Waals surface area (Å²) in [6.45, 7) is 4.21. The van der Waals surface area contributed by atoms with Crippen LogP contribution in [0.15, 0.2) is 24.3 Å². The first kappa shape index (κ1) is 14.4. The van der Waals surface area contributed by atoms with Gasteiger partial charge in [-0.25, -0.2) is 9.59 Å². The Hall–Kier alpha value is -1.58. The van der Waals surface area contributed by atoms with E-state index >= 15 is 0 Å². The van der Waals surface area contributed by atoms with E-state index in [4.69, 9.17) is 9.47 Å². The highest BCUT2D eigenvalue weighted by Crippen LogP contribution is 1.93. The summed E-state index contributed by atoms with van der Waals surface area (Å²) in [6.07, 6.45) is 7.36. The first-order valence-electron chi connectivity index (χ1n) is 5.29. The predicted octanol–water partition coefficient (Wildman–Crippen LogP) is 2.01. The van der Waals surface area contributed by atoms with Gasteiger partial charge in [0.25, 0.3) is 0 Å². The molecule has 0 fully saturated rings. The molecule has 90 valence electrons. The molecule has 16 heavy (non-hydrogen) atoms. The van der Waals surface area contributed by atoms with Gasteiger partial charge in [0.2, 0.25) is 0 Å². The Labute approximate surface area is 95.9 Å². The van der Waals surface area contributed by atoms with Gasteiger partial charge in [-0.2, -0.15) is 0 Å². The molecule has 0 radical (unpaired) electrons. The minimum absolute atomic E-state index is 0.339. The average Bonchev–Trinajstić information content (AvgIpc) is 2.24. The summed E-state index contributed by atoms with van der Waals surface area (Å²) in [5.74, 6) is -0.679. The molecule has 4 heteroatoms. The third-order valence-electron chi connectivity index (χ3n) is 1.63. The molecular weight excluding hydrogens is 208 g/mol. The fourth-order valence-corrected chi connectivity index (χ4v) is 0.918. The highest BCUT2D eigenvalue weighted by Gasteiger charge is 1.98. The molecule has 0 spiro atoms. The highest BCUT2D eigenvalue weighted by molar-refractivity contribution is 5.82. The van der Waals surface area contributed by atoms with Gasteiger partial charge in [-0.15, -0.1) is 0 Å². The quantitative estimate of drug-likeness (QED) is 0.378. The molecule has 0 atom stereocenters. The lowest BCUT2D eigenvalue weighted by molar-refractivity contribution is -0.140. The Morgan fingerprint density at radius 3 is 1.56 bits per heavy atom. The summed E-state index contributed by atoms with van der Waals surface area (Å²) in [4.78, 5) is 21.7. The number of hydrogen-bond acceptors (Lipinski definition) is 4. The SMILES string of the molecule is CC=CC(=O)OCCCCOC(=O)C=CC. The number of rotatable bonds is 7. The largest absolute Gasteiger partial charge is 0.463 e. The minimum atomic E-state index is -0.339. The second-order valence-corrected chi connectivity index (χ2v) is 3.04. The molecule has 0 saturated heterocycles. The molecule has 4 nitrogen and oxygen atoms in total. The van der Waals surface area contributed by atoms with Crippen molar-refractivity contribution in [1.29, 1.82) is 0 Å². The van der Waals surface area contributed by atoms with E-state index in [-0.39, 0.29) is 11.9 Å². The molecule has 0 rings (SSSR count). The molecule has 0 aromatic carbocycles. The maximum atomic E-state index is 10.9. The topological polar surface area (TPSA) is 52.6 Å². The summed E-state index contributed by atoms with van der Waals surface area (Å²) < 4.78 is 9.71. The van der Waals surface area contributed by atoms with Crippen LogP contribution >= 0.6 is 0 Å². The summed E-state index contributed by atoms with van der Waals surface area (Å²) >= 11 is 0. The van der Waals surface area contributed by atoms with Crippen LogP contribution in [-0.4, -0.2) is 25.2 Å². The number of hydrogen-bond donors (Lipinski definition) is 0. The number of unbranched alkanes of at least 4 members (excludes halogenated alkanes) is 1. The van der Waals surface area contributed by atoms with Crippen LogP contribution in [-0.2, 0) is 19.1 Å². The van der Waals surface area contributed by atoms with Crippen LogP contribution in [0.5, 0.6) is 0 Å². The Morgan fingerprint density at radius 2 is 1.25 bits per heavy atom. The summed E-state index contributed by atoms with van der Waals surface area (Å²) in [5.41, 5.74) is 0. The van der Waals surface area contributed by atoms with E-state index < -0.39 is 0 Å². The van der Waals surface area contributed by atoms with Crippen LogP contribution in [0.4, 0.5) is 0 Å². The molecule has 0 aromatic heterocycles. The molecule has 0 heterocycles. The molecule has 0 aliphatic heterocycles. The monoisotopic (exact) mass is 226 g/mol. The van der Waals surface area contributed by atoms with Gasteiger partial charge < -0.3 is 9.47 Å². The van der Waals surface area contributed by atoms with Crippen molar-refractivity contribution >= 4 is 11.9 Å². The molecule has 0 aromatic rings. The lowest BCUT2D eigenvalue weighted by Gasteiger charge is -2.02. The molecule has 0 N–H and O–H groups in total. The van der Waals surface area contributed by atoms with Crippen molar-refractivity contribution in [3.8, 4) is 0 Å². The van der Waals surface area contributed by atoms with E-state index in [0.29, 0.717) is 26.1 Å². The fraction of sp³-hybridized carbons (Fsp3) is 0.500. The van der Waals surface area contributed by atoms with E-state index in [2.05, 4.69) is 0 Å². The third kappa shape index (κ3) is 8.99. The molecule has 0 bridgehead atoms. The smallest absolute Gasteiger partial charge is 0.330 e. The third-order valence-corrected chi connectivity index (χ3v) is 1.63. The number of allylic oxidation sites excluding steroid dienone is 2. The van der Waals surface area contributed by atoms with Crippen LogP contribution in [0.1, 0.15) is 26.7 Å². The maximum Gasteiger partial charge on any atom is 0.330 e. The molecule has 0 unspecified atom stereocenters. The minimum Gasteiger partial charge on any atom is -0.463 e. The fourth-order valence-electron chi connectivity index (χ4n) is 0.918. The summed E-state index contributed by atoms with van der Waals surface area (Å²) in [7, 11) is 0. The van der Waals surface area contributed by atoms with Gasteiger partial charge in [0, 0.05) is 12.2 Å². The van der Waals surface area contributed by atoms with Crippen molar-refractivity contribution in [1.82, 2.24) is 0 Å². The van der Waals surface area contributed by atoms with E-state index in [9.17, 15) is 9.59 Å². The maximum absolute atomic E-state index is 10.9. The Bertz CT molecular complexity index is 238. The van der Waals surface area contributed by atoms with E-state index in [1.165, 1.54) is 12.2 Å². The van der Waals surface area contributed by atoms with Gasteiger partial charge in [-0.3, -0.25) is 0 Å². The Kier molecular flexibility index (Phi) is 8.97.